The van der Waals surface area contributed by atoms with Crippen LogP contribution in [0, 0.1) is 6.92 Å². The minimum absolute atomic E-state index is 0.845. The van der Waals surface area contributed by atoms with E-state index in [1.165, 1.54) is 12.0 Å². The molecule has 13 heavy (non-hydrogen) atoms. The molecule has 0 bridgehead atoms. The fourth-order valence-electron chi connectivity index (χ4n) is 1.54. The van der Waals surface area contributed by atoms with E-state index in [0.29, 0.717) is 0 Å². The molecule has 2 rings (SSSR count). The Bertz CT molecular complexity index is 296. The van der Waals surface area contributed by atoms with Gasteiger partial charge in [-0.3, -0.25) is 0 Å². The summed E-state index contributed by atoms with van der Waals surface area (Å²) in [5.74, 6) is 0.991. The fraction of sp³-hybridized carbons (Fsp3) is 0.455. The average molecular weight is 177 g/mol. The molecule has 1 N–H and O–H groups in total. The van der Waals surface area contributed by atoms with Gasteiger partial charge in [0.1, 0.15) is 5.75 Å². The van der Waals surface area contributed by atoms with Gasteiger partial charge in [-0.2, -0.15) is 0 Å². The third kappa shape index (κ3) is 1.94. The molecule has 0 radical (unpaired) electrons. The summed E-state index contributed by atoms with van der Waals surface area (Å²) in [5, 5.41) is 3.38. The third-order valence-electron chi connectivity index (χ3n) is 2.28. The maximum absolute atomic E-state index is 5.62. The molecule has 0 atom stereocenters. The van der Waals surface area contributed by atoms with Crippen molar-refractivity contribution in [2.75, 3.05) is 18.5 Å². The molecule has 0 amide bonds. The average Bonchev–Trinajstić information content (AvgIpc) is 2.08. The van der Waals surface area contributed by atoms with E-state index < -0.39 is 0 Å². The van der Waals surface area contributed by atoms with Crippen LogP contribution < -0.4 is 10.1 Å². The Morgan fingerprint density at radius 1 is 1.31 bits per heavy atom. The fourth-order valence-corrected chi connectivity index (χ4v) is 1.54. The van der Waals surface area contributed by atoms with Crippen LogP contribution in [0.4, 0.5) is 5.69 Å². The van der Waals surface area contributed by atoms with Gasteiger partial charge >= 0.3 is 0 Å². The lowest BCUT2D eigenvalue weighted by molar-refractivity contribution is 0.306. The van der Waals surface area contributed by atoms with Crippen LogP contribution in [0.15, 0.2) is 18.2 Å². The lowest BCUT2D eigenvalue weighted by atomic mass is 10.2. The molecule has 0 aromatic heterocycles. The van der Waals surface area contributed by atoms with Gasteiger partial charge in [0.25, 0.3) is 0 Å². The Balaban J connectivity index is 2.28. The van der Waals surface area contributed by atoms with Crippen LogP contribution in [0.2, 0.25) is 0 Å². The van der Waals surface area contributed by atoms with Gasteiger partial charge in [-0.25, -0.2) is 0 Å². The Morgan fingerprint density at radius 2 is 2.23 bits per heavy atom. The molecule has 2 heteroatoms. The number of hydrogen-bond acceptors (Lipinski definition) is 2. The molecule has 0 spiro atoms. The molecule has 0 fully saturated rings. The molecule has 0 aliphatic carbocycles. The van der Waals surface area contributed by atoms with Crippen molar-refractivity contribution in [3.05, 3.63) is 23.8 Å². The van der Waals surface area contributed by atoms with E-state index in [4.69, 9.17) is 4.74 Å². The maximum atomic E-state index is 5.62. The van der Waals surface area contributed by atoms with Crippen LogP contribution >= 0.6 is 0 Å². The smallest absolute Gasteiger partial charge is 0.142 e. The van der Waals surface area contributed by atoms with Crippen molar-refractivity contribution in [1.82, 2.24) is 0 Å². The molecule has 0 saturated carbocycles. The van der Waals surface area contributed by atoms with E-state index in [1.807, 2.05) is 6.07 Å². The standard InChI is InChI=1S/C11H15NO/c1-9-4-5-11-10(8-9)12-6-2-3-7-13-11/h4-5,8,12H,2-3,6-7H2,1H3. The van der Waals surface area contributed by atoms with E-state index in [1.54, 1.807) is 0 Å². The second kappa shape index (κ2) is 3.69. The van der Waals surface area contributed by atoms with Crippen molar-refractivity contribution in [2.24, 2.45) is 0 Å². The van der Waals surface area contributed by atoms with Gasteiger partial charge in [0.2, 0.25) is 0 Å². The second-order valence-electron chi connectivity index (χ2n) is 3.48. The molecule has 1 aliphatic rings. The zero-order chi connectivity index (χ0) is 9.10. The minimum Gasteiger partial charge on any atom is -0.491 e. The van der Waals surface area contributed by atoms with Gasteiger partial charge in [-0.1, -0.05) is 6.07 Å². The van der Waals surface area contributed by atoms with Crippen LogP contribution in [0.25, 0.3) is 0 Å². The molecule has 0 saturated heterocycles. The normalized spacial score (nSPS) is 16.1. The first-order chi connectivity index (χ1) is 6.36. The molecule has 1 aromatic rings. The second-order valence-corrected chi connectivity index (χ2v) is 3.48. The van der Waals surface area contributed by atoms with Crippen LogP contribution in [-0.4, -0.2) is 13.2 Å². The summed E-state index contributed by atoms with van der Waals surface area (Å²) in [6.45, 7) is 4.00. The first-order valence-electron chi connectivity index (χ1n) is 4.83. The summed E-state index contributed by atoms with van der Waals surface area (Å²) in [7, 11) is 0. The summed E-state index contributed by atoms with van der Waals surface area (Å²) in [6, 6.07) is 6.27. The number of fused-ring (bicyclic) bond motifs is 1. The van der Waals surface area contributed by atoms with E-state index in [2.05, 4.69) is 24.4 Å². The third-order valence-corrected chi connectivity index (χ3v) is 2.28. The number of hydrogen-bond donors (Lipinski definition) is 1. The zero-order valence-electron chi connectivity index (χ0n) is 7.97. The monoisotopic (exact) mass is 177 g/mol. The highest BCUT2D eigenvalue weighted by Gasteiger charge is 2.05. The summed E-state index contributed by atoms with van der Waals surface area (Å²) in [6.07, 6.45) is 2.33. The maximum Gasteiger partial charge on any atom is 0.142 e. The van der Waals surface area contributed by atoms with Crippen molar-refractivity contribution in [1.29, 1.82) is 0 Å². The topological polar surface area (TPSA) is 21.3 Å². The van der Waals surface area contributed by atoms with Crippen LogP contribution in [0.3, 0.4) is 0 Å². The van der Waals surface area contributed by atoms with Crippen molar-refractivity contribution >= 4 is 5.69 Å². The minimum atomic E-state index is 0.845. The Hall–Kier alpha value is -1.18. The highest BCUT2D eigenvalue weighted by Crippen LogP contribution is 2.26. The van der Waals surface area contributed by atoms with E-state index >= 15 is 0 Å². The lowest BCUT2D eigenvalue weighted by Crippen LogP contribution is -2.10. The van der Waals surface area contributed by atoms with Gasteiger partial charge in [0.05, 0.1) is 12.3 Å². The van der Waals surface area contributed by atoms with Crippen molar-refractivity contribution in [2.45, 2.75) is 19.8 Å². The zero-order valence-corrected chi connectivity index (χ0v) is 7.97. The number of benzene rings is 1. The lowest BCUT2D eigenvalue weighted by Gasteiger charge is -2.17. The van der Waals surface area contributed by atoms with Gasteiger partial charge in [0.15, 0.2) is 0 Å². The number of anilines is 1. The van der Waals surface area contributed by atoms with Gasteiger partial charge in [-0.05, 0) is 37.5 Å². The van der Waals surface area contributed by atoms with E-state index in [9.17, 15) is 0 Å². The molecule has 1 aromatic carbocycles. The number of nitrogens with one attached hydrogen (secondary N) is 1. The van der Waals surface area contributed by atoms with Crippen LogP contribution in [-0.2, 0) is 0 Å². The number of aryl methyl sites for hydroxylation is 1. The molecule has 70 valence electrons. The molecule has 2 nitrogen and oxygen atoms in total. The van der Waals surface area contributed by atoms with E-state index in [0.717, 1.165) is 31.0 Å². The van der Waals surface area contributed by atoms with Gasteiger partial charge < -0.3 is 10.1 Å². The molecular formula is C11H15NO. The molecular weight excluding hydrogens is 162 g/mol. The highest BCUT2D eigenvalue weighted by molar-refractivity contribution is 5.58. The van der Waals surface area contributed by atoms with Crippen LogP contribution in [0.5, 0.6) is 5.75 Å². The first kappa shape index (κ1) is 8.42. The highest BCUT2D eigenvalue weighted by atomic mass is 16.5. The number of ether oxygens (including phenoxy) is 1. The quantitative estimate of drug-likeness (QED) is 0.657. The Morgan fingerprint density at radius 3 is 3.15 bits per heavy atom. The van der Waals surface area contributed by atoms with Gasteiger partial charge in [-0.15, -0.1) is 0 Å². The Labute approximate surface area is 78.9 Å². The van der Waals surface area contributed by atoms with Gasteiger partial charge in [0, 0.05) is 6.54 Å². The predicted octanol–water partition coefficient (Wildman–Crippen LogP) is 2.58. The van der Waals surface area contributed by atoms with Crippen molar-refractivity contribution in [3.63, 3.8) is 0 Å². The summed E-state index contributed by atoms with van der Waals surface area (Å²) >= 11 is 0. The first-order valence-corrected chi connectivity index (χ1v) is 4.83. The SMILES string of the molecule is Cc1ccc2c(c1)NCCCCO2. The molecule has 1 aliphatic heterocycles. The molecule has 0 unspecified atom stereocenters. The van der Waals surface area contributed by atoms with Crippen molar-refractivity contribution < 1.29 is 4.74 Å². The predicted molar refractivity (Wildman–Crippen MR) is 54.4 cm³/mol. The summed E-state index contributed by atoms with van der Waals surface area (Å²) < 4.78 is 5.62. The Kier molecular flexibility index (Phi) is 2.39. The van der Waals surface area contributed by atoms with E-state index in [-0.39, 0.29) is 0 Å². The summed E-state index contributed by atoms with van der Waals surface area (Å²) in [4.78, 5) is 0. The molecule has 1 heterocycles. The summed E-state index contributed by atoms with van der Waals surface area (Å²) in [5.41, 5.74) is 2.41. The van der Waals surface area contributed by atoms with Crippen LogP contribution in [0.1, 0.15) is 18.4 Å². The largest absolute Gasteiger partial charge is 0.491 e. The van der Waals surface area contributed by atoms with Crippen molar-refractivity contribution in [3.8, 4) is 5.75 Å². The number of rotatable bonds is 0.